The molecule has 1 heterocycles. The van der Waals surface area contributed by atoms with Crippen molar-refractivity contribution in [3.63, 3.8) is 0 Å². The van der Waals surface area contributed by atoms with E-state index in [1.54, 1.807) is 0 Å². The van der Waals surface area contributed by atoms with Crippen molar-refractivity contribution in [3.8, 4) is 5.88 Å². The quantitative estimate of drug-likeness (QED) is 0.489. The molecule has 120 valence electrons. The van der Waals surface area contributed by atoms with E-state index >= 15 is 0 Å². The predicted molar refractivity (Wildman–Crippen MR) is 57.1 cm³/mol. The number of rotatable bonds is 5. The highest BCUT2D eigenvalue weighted by Crippen LogP contribution is 2.36. The molecule has 0 saturated heterocycles. The molecule has 1 aromatic rings. The van der Waals surface area contributed by atoms with E-state index in [-0.39, 0.29) is 18.2 Å². The van der Waals surface area contributed by atoms with Crippen LogP contribution in [0.25, 0.3) is 0 Å². The molecule has 0 amide bonds. The van der Waals surface area contributed by atoms with Crippen LogP contribution in [-0.2, 0) is 11.3 Å². The fourth-order valence-electron chi connectivity index (χ4n) is 1.24. The number of alkyl halides is 6. The molecule has 0 aliphatic carbocycles. The maximum atomic E-state index is 12.4. The molecule has 1 rings (SSSR count). The second-order valence-corrected chi connectivity index (χ2v) is 3.67. The summed E-state index contributed by atoms with van der Waals surface area (Å²) in [4.78, 5) is 7.04. The zero-order valence-corrected chi connectivity index (χ0v) is 10.4. The van der Waals surface area contributed by atoms with Crippen molar-refractivity contribution < 1.29 is 35.8 Å². The topological polar surface area (TPSA) is 82.3 Å². The number of ether oxygens (including phenoxy) is 2. The molecule has 0 unspecified atom stereocenters. The van der Waals surface area contributed by atoms with E-state index in [0.717, 1.165) is 0 Å². The van der Waals surface area contributed by atoms with Crippen LogP contribution < -0.4 is 16.0 Å². The number of hydrogen-bond acceptors (Lipinski definition) is 6. The molecule has 12 heteroatoms. The van der Waals surface area contributed by atoms with Gasteiger partial charge in [0.25, 0.3) is 6.10 Å². The molecule has 21 heavy (non-hydrogen) atoms. The van der Waals surface area contributed by atoms with Gasteiger partial charge in [-0.1, -0.05) is 0 Å². The van der Waals surface area contributed by atoms with Gasteiger partial charge in [-0.15, -0.1) is 0 Å². The number of aromatic nitrogens is 2. The average Bonchev–Trinajstić information content (AvgIpc) is 2.33. The highest BCUT2D eigenvalue weighted by Gasteiger charge is 2.59. The molecule has 3 N–H and O–H groups in total. The van der Waals surface area contributed by atoms with Gasteiger partial charge in [0.2, 0.25) is 5.88 Å². The van der Waals surface area contributed by atoms with Crippen molar-refractivity contribution in [1.82, 2.24) is 9.97 Å². The second-order valence-electron chi connectivity index (χ2n) is 3.67. The fraction of sp³-hybridized carbons (Fsp3) is 0.556. The van der Waals surface area contributed by atoms with Gasteiger partial charge in [-0.3, -0.25) is 0 Å². The summed E-state index contributed by atoms with van der Waals surface area (Å²) in [5, 5.41) is 0. The summed E-state index contributed by atoms with van der Waals surface area (Å²) >= 11 is 0. The first-order valence-corrected chi connectivity index (χ1v) is 5.21. The van der Waals surface area contributed by atoms with Gasteiger partial charge in [-0.25, -0.2) is 10.8 Å². The first-order valence-electron chi connectivity index (χ1n) is 5.21. The molecule has 0 aliphatic heterocycles. The Bertz CT molecular complexity index is 464. The van der Waals surface area contributed by atoms with Gasteiger partial charge in [0.15, 0.2) is 5.82 Å². The van der Waals surface area contributed by atoms with Gasteiger partial charge < -0.3 is 14.9 Å². The molecule has 0 aliphatic rings. The smallest absolute Gasteiger partial charge is 0.434 e. The Kier molecular flexibility index (Phi) is 5.17. The summed E-state index contributed by atoms with van der Waals surface area (Å²) in [7, 11) is 1.24. The Morgan fingerprint density at radius 1 is 1.19 bits per heavy atom. The number of anilines is 1. The summed E-state index contributed by atoms with van der Waals surface area (Å²) in [5.74, 6) is 3.64. The normalized spacial score (nSPS) is 12.6. The molecular formula is C9H10F6N4O2. The maximum Gasteiger partial charge on any atom is 0.434 e. The van der Waals surface area contributed by atoms with Crippen molar-refractivity contribution in [2.24, 2.45) is 5.84 Å². The van der Waals surface area contributed by atoms with E-state index in [4.69, 9.17) is 5.84 Å². The third-order valence-electron chi connectivity index (χ3n) is 2.00. The number of nitrogens with two attached hydrogens (primary N) is 1. The van der Waals surface area contributed by atoms with E-state index in [2.05, 4.69) is 19.4 Å². The maximum absolute atomic E-state index is 12.4. The number of halogens is 6. The number of methoxy groups -OCH3 is 1. The van der Waals surface area contributed by atoms with Crippen LogP contribution in [0.1, 0.15) is 5.82 Å². The number of nitrogens with one attached hydrogen (secondary N) is 1. The lowest BCUT2D eigenvalue weighted by molar-refractivity contribution is -0.300. The fourth-order valence-corrected chi connectivity index (χ4v) is 1.24. The lowest BCUT2D eigenvalue weighted by atomic mass is 10.3. The van der Waals surface area contributed by atoms with Crippen LogP contribution in [-0.4, -0.2) is 35.5 Å². The highest BCUT2D eigenvalue weighted by molar-refractivity contribution is 5.37. The standard InChI is InChI=1S/C9H10F6N4O2/c1-20-3-5-17-4(19-16)2-6(18-5)21-7(8(10,11)12)9(13,14)15/h2,7H,3,16H2,1H3,(H,17,18,19). The monoisotopic (exact) mass is 320 g/mol. The van der Waals surface area contributed by atoms with Gasteiger partial charge in [0.05, 0.1) is 0 Å². The minimum absolute atomic E-state index is 0.203. The van der Waals surface area contributed by atoms with Crippen molar-refractivity contribution in [3.05, 3.63) is 11.9 Å². The Morgan fingerprint density at radius 3 is 2.19 bits per heavy atom. The molecule has 0 bridgehead atoms. The van der Waals surface area contributed by atoms with Crippen molar-refractivity contribution in [2.75, 3.05) is 12.5 Å². The van der Waals surface area contributed by atoms with E-state index in [1.165, 1.54) is 7.11 Å². The van der Waals surface area contributed by atoms with Crippen molar-refractivity contribution >= 4 is 5.82 Å². The summed E-state index contributed by atoms with van der Waals surface area (Å²) in [6, 6.07) is 0.698. The predicted octanol–water partition coefficient (Wildman–Crippen LogP) is 1.78. The number of hydrazine groups is 1. The van der Waals surface area contributed by atoms with Crippen molar-refractivity contribution in [2.45, 2.75) is 25.1 Å². The molecule has 0 radical (unpaired) electrons. The van der Waals surface area contributed by atoms with Crippen molar-refractivity contribution in [1.29, 1.82) is 0 Å². The largest absolute Gasteiger partial charge is 0.455 e. The number of hydrogen-bond donors (Lipinski definition) is 2. The molecule has 0 saturated carbocycles. The first-order chi connectivity index (χ1) is 9.57. The summed E-state index contributed by atoms with van der Waals surface area (Å²) < 4.78 is 82.8. The van der Waals surface area contributed by atoms with Crippen LogP contribution in [0.5, 0.6) is 5.88 Å². The summed E-state index contributed by atoms with van der Waals surface area (Å²) in [6.07, 6.45) is -15.3. The zero-order valence-electron chi connectivity index (χ0n) is 10.4. The summed E-state index contributed by atoms with van der Waals surface area (Å²) in [6.45, 7) is -0.255. The number of nitrogen functional groups attached to an aromatic ring is 1. The van der Waals surface area contributed by atoms with Crippen LogP contribution >= 0.6 is 0 Å². The van der Waals surface area contributed by atoms with E-state index in [1.807, 2.05) is 5.43 Å². The minimum Gasteiger partial charge on any atom is -0.455 e. The average molecular weight is 320 g/mol. The van der Waals surface area contributed by atoms with Crippen LogP contribution in [0.4, 0.5) is 32.2 Å². The Morgan fingerprint density at radius 2 is 1.76 bits per heavy atom. The lowest BCUT2D eigenvalue weighted by Crippen LogP contribution is -2.46. The van der Waals surface area contributed by atoms with Crippen LogP contribution in [0.15, 0.2) is 6.07 Å². The third kappa shape index (κ3) is 4.90. The minimum atomic E-state index is -5.65. The Balaban J connectivity index is 3.11. The van der Waals surface area contributed by atoms with Gasteiger partial charge in [-0.05, 0) is 0 Å². The van der Waals surface area contributed by atoms with Crippen LogP contribution in [0.2, 0.25) is 0 Å². The molecule has 0 aromatic carbocycles. The van der Waals surface area contributed by atoms with Gasteiger partial charge in [0.1, 0.15) is 12.4 Å². The van der Waals surface area contributed by atoms with E-state index < -0.39 is 24.3 Å². The Hall–Kier alpha value is -1.82. The molecular weight excluding hydrogens is 310 g/mol. The molecule has 0 spiro atoms. The highest BCUT2D eigenvalue weighted by atomic mass is 19.4. The first kappa shape index (κ1) is 17.2. The number of nitrogens with zero attached hydrogens (tertiary/aromatic N) is 2. The lowest BCUT2D eigenvalue weighted by Gasteiger charge is -2.23. The Labute approximate surface area is 114 Å². The molecule has 6 nitrogen and oxygen atoms in total. The molecule has 0 fully saturated rings. The third-order valence-corrected chi connectivity index (χ3v) is 2.00. The zero-order chi connectivity index (χ0) is 16.3. The van der Waals surface area contributed by atoms with E-state index in [9.17, 15) is 26.3 Å². The molecule has 1 aromatic heterocycles. The van der Waals surface area contributed by atoms with Crippen LogP contribution in [0.3, 0.4) is 0 Å². The summed E-state index contributed by atoms with van der Waals surface area (Å²) in [5.41, 5.74) is 1.97. The second kappa shape index (κ2) is 6.30. The van der Waals surface area contributed by atoms with Crippen LogP contribution in [0, 0.1) is 0 Å². The SMILES string of the molecule is COCc1nc(NN)cc(OC(C(F)(F)F)C(F)(F)F)n1. The van der Waals surface area contributed by atoms with Gasteiger partial charge >= 0.3 is 12.4 Å². The van der Waals surface area contributed by atoms with Gasteiger partial charge in [-0.2, -0.15) is 31.3 Å². The van der Waals surface area contributed by atoms with Gasteiger partial charge in [0, 0.05) is 13.2 Å². The molecule has 0 atom stereocenters. The van der Waals surface area contributed by atoms with E-state index in [0.29, 0.717) is 6.07 Å².